The molecule has 0 fully saturated rings. The summed E-state index contributed by atoms with van der Waals surface area (Å²) in [4.78, 5) is 7.98. The third-order valence-corrected chi connectivity index (χ3v) is 5.60. The van der Waals surface area contributed by atoms with Gasteiger partial charge < -0.3 is 9.72 Å². The van der Waals surface area contributed by atoms with Crippen LogP contribution in [0.2, 0.25) is 0 Å². The second-order valence-electron chi connectivity index (χ2n) is 7.24. The molecule has 0 saturated heterocycles. The number of fused-ring (bicyclic) bond motifs is 1. The number of nitrogens with zero attached hydrogens (tertiary/aromatic N) is 2. The van der Waals surface area contributed by atoms with Gasteiger partial charge in [-0.1, -0.05) is 54.6 Å². The third-order valence-electron chi connectivity index (χ3n) is 5.30. The second kappa shape index (κ2) is 8.20. The molecule has 5 heteroatoms. The topological polar surface area (TPSA) is 42.3 Å². The highest BCUT2D eigenvalue weighted by atomic mass is 32.1. The summed E-state index contributed by atoms with van der Waals surface area (Å²) >= 11 is 5.48. The van der Waals surface area contributed by atoms with E-state index < -0.39 is 0 Å². The van der Waals surface area contributed by atoms with Crippen LogP contribution in [0.25, 0.3) is 39.2 Å². The lowest BCUT2D eigenvalue weighted by Gasteiger charge is -2.06. The van der Waals surface area contributed by atoms with Crippen LogP contribution in [0.1, 0.15) is 6.92 Å². The molecule has 5 aromatic rings. The molecule has 4 nitrogen and oxygen atoms in total. The summed E-state index contributed by atoms with van der Waals surface area (Å²) in [6.07, 6.45) is 3.84. The molecule has 0 saturated carbocycles. The Morgan fingerprint density at radius 3 is 2.19 bits per heavy atom. The number of benzene rings is 3. The van der Waals surface area contributed by atoms with E-state index in [-0.39, 0.29) is 0 Å². The lowest BCUT2D eigenvalue weighted by atomic mass is 10.0. The van der Waals surface area contributed by atoms with E-state index >= 15 is 0 Å². The van der Waals surface area contributed by atoms with Crippen molar-refractivity contribution < 1.29 is 4.74 Å². The number of aromatic nitrogens is 3. The van der Waals surface area contributed by atoms with Crippen LogP contribution in [0.4, 0.5) is 0 Å². The lowest BCUT2D eigenvalue weighted by Crippen LogP contribution is -1.92. The minimum atomic E-state index is 0.521. The van der Waals surface area contributed by atoms with Crippen molar-refractivity contribution in [3.8, 4) is 39.3 Å². The van der Waals surface area contributed by atoms with Crippen molar-refractivity contribution >= 4 is 17.9 Å². The lowest BCUT2D eigenvalue weighted by molar-refractivity contribution is 0.340. The van der Waals surface area contributed by atoms with E-state index in [1.165, 1.54) is 11.1 Å². The molecule has 152 valence electrons. The van der Waals surface area contributed by atoms with Gasteiger partial charge in [-0.25, -0.2) is 4.98 Å². The molecule has 0 radical (unpaired) electrons. The van der Waals surface area contributed by atoms with E-state index in [9.17, 15) is 0 Å². The highest BCUT2D eigenvalue weighted by Crippen LogP contribution is 2.29. The molecule has 2 heterocycles. The molecule has 0 atom stereocenters. The fourth-order valence-corrected chi connectivity index (χ4v) is 3.93. The van der Waals surface area contributed by atoms with E-state index in [0.29, 0.717) is 11.4 Å². The summed E-state index contributed by atoms with van der Waals surface area (Å²) in [6.45, 7) is 2.63. The van der Waals surface area contributed by atoms with Crippen molar-refractivity contribution in [3.05, 3.63) is 96.0 Å². The number of aromatic amines is 1. The van der Waals surface area contributed by atoms with Gasteiger partial charge in [-0.15, -0.1) is 0 Å². The van der Waals surface area contributed by atoms with Gasteiger partial charge in [-0.3, -0.25) is 4.40 Å². The van der Waals surface area contributed by atoms with Crippen LogP contribution >= 0.6 is 12.2 Å². The quantitative estimate of drug-likeness (QED) is 0.316. The summed E-state index contributed by atoms with van der Waals surface area (Å²) in [5.74, 6) is 0.861. The number of nitrogens with one attached hydrogen (secondary N) is 1. The predicted octanol–water partition coefficient (Wildman–Crippen LogP) is 6.79. The van der Waals surface area contributed by atoms with Crippen molar-refractivity contribution in [2.24, 2.45) is 0 Å². The maximum absolute atomic E-state index is 5.55. The Morgan fingerprint density at radius 1 is 0.839 bits per heavy atom. The minimum absolute atomic E-state index is 0.521. The van der Waals surface area contributed by atoms with Crippen LogP contribution in [0, 0.1) is 4.77 Å². The zero-order chi connectivity index (χ0) is 21.2. The molecular formula is C26H21N3OS. The first-order valence-corrected chi connectivity index (χ1v) is 10.6. The molecule has 0 spiro atoms. The summed E-state index contributed by atoms with van der Waals surface area (Å²) in [6, 6.07) is 26.9. The first-order chi connectivity index (χ1) is 15.2. The molecule has 0 unspecified atom stereocenters. The molecule has 0 aliphatic rings. The third kappa shape index (κ3) is 3.76. The van der Waals surface area contributed by atoms with Gasteiger partial charge in [0.1, 0.15) is 11.4 Å². The van der Waals surface area contributed by atoms with E-state index in [1.807, 2.05) is 54.0 Å². The Kier molecular flexibility index (Phi) is 5.10. The molecule has 0 aliphatic heterocycles. The second-order valence-corrected chi connectivity index (χ2v) is 7.61. The average Bonchev–Trinajstić information content (AvgIpc) is 3.27. The van der Waals surface area contributed by atoms with Crippen molar-refractivity contribution in [2.45, 2.75) is 6.92 Å². The fraction of sp³-hybridized carbons (Fsp3) is 0.0769. The number of ether oxygens (including phenoxy) is 1. The molecule has 0 aliphatic carbocycles. The molecule has 3 aromatic carbocycles. The van der Waals surface area contributed by atoms with Gasteiger partial charge in [0.25, 0.3) is 0 Å². The number of hydrogen-bond donors (Lipinski definition) is 1. The predicted molar refractivity (Wildman–Crippen MR) is 128 cm³/mol. The zero-order valence-electron chi connectivity index (χ0n) is 17.1. The molecule has 2 aromatic heterocycles. The van der Waals surface area contributed by atoms with E-state index in [2.05, 4.69) is 58.5 Å². The first-order valence-electron chi connectivity index (χ1n) is 10.2. The normalized spacial score (nSPS) is 11.0. The average molecular weight is 424 g/mol. The zero-order valence-corrected chi connectivity index (χ0v) is 17.9. The molecule has 0 amide bonds. The van der Waals surface area contributed by atoms with Crippen LogP contribution in [0.5, 0.6) is 5.75 Å². The van der Waals surface area contributed by atoms with Gasteiger partial charge in [-0.2, -0.15) is 0 Å². The fourth-order valence-electron chi connectivity index (χ4n) is 3.73. The monoisotopic (exact) mass is 423 g/mol. The number of rotatable bonds is 5. The highest BCUT2D eigenvalue weighted by molar-refractivity contribution is 7.71. The molecule has 31 heavy (non-hydrogen) atoms. The Hall–Kier alpha value is -3.70. The van der Waals surface area contributed by atoms with E-state index in [4.69, 9.17) is 17.0 Å². The van der Waals surface area contributed by atoms with Crippen molar-refractivity contribution in [1.82, 2.24) is 14.4 Å². The van der Waals surface area contributed by atoms with Crippen LogP contribution in [-0.2, 0) is 0 Å². The van der Waals surface area contributed by atoms with Crippen molar-refractivity contribution in [2.75, 3.05) is 6.61 Å². The Morgan fingerprint density at radius 2 is 1.48 bits per heavy atom. The van der Waals surface area contributed by atoms with Gasteiger partial charge in [0.15, 0.2) is 0 Å². The van der Waals surface area contributed by atoms with Crippen molar-refractivity contribution in [1.29, 1.82) is 0 Å². The summed E-state index contributed by atoms with van der Waals surface area (Å²) in [5, 5.41) is 0. The van der Waals surface area contributed by atoms with Gasteiger partial charge in [-0.05, 0) is 65.7 Å². The standard InChI is InChI=1S/C26H21N3OS/c1-2-30-22-14-12-21(13-15-22)24-17-29-25(28-24)23(16-27-26(29)31)20-10-8-19(9-11-20)18-6-4-3-5-7-18/h3-17,28H,2H2,1H3. The molecular weight excluding hydrogens is 402 g/mol. The first kappa shape index (κ1) is 19.3. The Balaban J connectivity index is 1.55. The number of H-pyrrole nitrogens is 1. The van der Waals surface area contributed by atoms with Crippen LogP contribution in [-0.4, -0.2) is 21.0 Å². The molecule has 1 N–H and O–H groups in total. The highest BCUT2D eigenvalue weighted by Gasteiger charge is 2.11. The van der Waals surface area contributed by atoms with E-state index in [0.717, 1.165) is 33.8 Å². The van der Waals surface area contributed by atoms with Crippen LogP contribution in [0.3, 0.4) is 0 Å². The minimum Gasteiger partial charge on any atom is -0.494 e. The van der Waals surface area contributed by atoms with Crippen LogP contribution < -0.4 is 4.74 Å². The smallest absolute Gasteiger partial charge is 0.205 e. The largest absolute Gasteiger partial charge is 0.494 e. The summed E-state index contributed by atoms with van der Waals surface area (Å²) in [5.41, 5.74) is 7.44. The maximum atomic E-state index is 5.55. The maximum Gasteiger partial charge on any atom is 0.205 e. The van der Waals surface area contributed by atoms with Gasteiger partial charge in [0, 0.05) is 18.0 Å². The van der Waals surface area contributed by atoms with Gasteiger partial charge >= 0.3 is 0 Å². The van der Waals surface area contributed by atoms with Crippen LogP contribution in [0.15, 0.2) is 91.3 Å². The Labute approximate surface area is 185 Å². The van der Waals surface area contributed by atoms with Gasteiger partial charge in [0.2, 0.25) is 4.77 Å². The van der Waals surface area contributed by atoms with Crippen molar-refractivity contribution in [3.63, 3.8) is 0 Å². The van der Waals surface area contributed by atoms with E-state index in [1.54, 1.807) is 0 Å². The number of hydrogen-bond acceptors (Lipinski definition) is 3. The van der Waals surface area contributed by atoms with Gasteiger partial charge in [0.05, 0.1) is 12.3 Å². The summed E-state index contributed by atoms with van der Waals surface area (Å²) < 4.78 is 8.00. The molecule has 5 rings (SSSR count). The number of imidazole rings is 1. The SMILES string of the molecule is CCOc1ccc(-c2cn3c(=S)ncc(-c4ccc(-c5ccccc5)cc4)c3[nH]2)cc1. The Bertz CT molecular complexity index is 1390. The molecule has 0 bridgehead atoms. The summed E-state index contributed by atoms with van der Waals surface area (Å²) in [7, 11) is 0.